The number of rotatable bonds is 7. The number of nitrogens with zero attached hydrogens (tertiary/aromatic N) is 1. The molecule has 1 aromatic heterocycles. The number of aromatic nitrogens is 1. The van der Waals surface area contributed by atoms with E-state index in [0.717, 1.165) is 18.6 Å². The second-order valence-electron chi connectivity index (χ2n) is 6.78. The predicted molar refractivity (Wildman–Crippen MR) is 100 cm³/mol. The lowest BCUT2D eigenvalue weighted by Crippen LogP contribution is -2.13. The van der Waals surface area contributed by atoms with Gasteiger partial charge in [0.1, 0.15) is 11.3 Å². The van der Waals surface area contributed by atoms with Crippen molar-refractivity contribution in [3.05, 3.63) is 47.2 Å². The summed E-state index contributed by atoms with van der Waals surface area (Å²) < 4.78 is 49.1. The van der Waals surface area contributed by atoms with E-state index < -0.39 is 17.7 Å². The van der Waals surface area contributed by atoms with E-state index in [2.05, 4.69) is 18.8 Å². The van der Waals surface area contributed by atoms with Crippen LogP contribution in [0.1, 0.15) is 48.8 Å². The molecule has 0 aliphatic rings. The van der Waals surface area contributed by atoms with E-state index in [1.54, 1.807) is 6.07 Å². The number of alkyl halides is 3. The number of carbonyl (C=O) groups excluding carboxylic acids is 1. The van der Waals surface area contributed by atoms with Crippen molar-refractivity contribution in [1.29, 1.82) is 0 Å². The molecular weight excluding hydrogens is 371 g/mol. The lowest BCUT2D eigenvalue weighted by Gasteiger charge is -2.16. The summed E-state index contributed by atoms with van der Waals surface area (Å²) in [5.74, 6) is 0.195. The molecule has 0 atom stereocenters. The van der Waals surface area contributed by atoms with Gasteiger partial charge in [0, 0.05) is 11.6 Å². The number of pyridine rings is 1. The molecule has 4 nitrogen and oxygen atoms in total. The molecule has 1 heterocycles. The van der Waals surface area contributed by atoms with Crippen LogP contribution in [-0.4, -0.2) is 24.7 Å². The number of hydrogen-bond acceptors (Lipinski definition) is 4. The number of hydrogen-bond donors (Lipinski definition) is 0. The Morgan fingerprint density at radius 3 is 2.32 bits per heavy atom. The Labute approximate surface area is 162 Å². The zero-order chi connectivity index (χ0) is 20.9. The first-order valence-corrected chi connectivity index (χ1v) is 9.10. The third-order valence-electron chi connectivity index (χ3n) is 4.24. The quantitative estimate of drug-likeness (QED) is 0.578. The SMILES string of the molecule is CCc1nc(-c2ccc(C(F)(F)F)cc2)cc(OCCC(C)C)c1C(=O)OC. The summed E-state index contributed by atoms with van der Waals surface area (Å²) in [6, 6.07) is 6.32. The molecule has 0 bridgehead atoms. The largest absolute Gasteiger partial charge is 0.493 e. The smallest absolute Gasteiger partial charge is 0.416 e. The zero-order valence-corrected chi connectivity index (χ0v) is 16.4. The van der Waals surface area contributed by atoms with Crippen molar-refractivity contribution in [2.24, 2.45) is 5.92 Å². The summed E-state index contributed by atoms with van der Waals surface area (Å²) in [6.07, 6.45) is -3.17. The van der Waals surface area contributed by atoms with Crippen LogP contribution in [0, 0.1) is 5.92 Å². The maximum atomic E-state index is 12.8. The fraction of sp³-hybridized carbons (Fsp3) is 0.429. The van der Waals surface area contributed by atoms with Crippen LogP contribution >= 0.6 is 0 Å². The van der Waals surface area contributed by atoms with Crippen molar-refractivity contribution in [2.75, 3.05) is 13.7 Å². The Balaban J connectivity index is 2.48. The number of halogens is 3. The van der Waals surface area contributed by atoms with Crippen molar-refractivity contribution < 1.29 is 27.4 Å². The van der Waals surface area contributed by atoms with Crippen LogP contribution in [-0.2, 0) is 17.3 Å². The first kappa shape index (κ1) is 21.7. The molecule has 0 aliphatic carbocycles. The number of ether oxygens (including phenoxy) is 2. The monoisotopic (exact) mass is 395 g/mol. The molecule has 0 spiro atoms. The van der Waals surface area contributed by atoms with Crippen molar-refractivity contribution in [1.82, 2.24) is 4.98 Å². The lowest BCUT2D eigenvalue weighted by atomic mass is 10.0. The molecule has 0 fully saturated rings. The van der Waals surface area contributed by atoms with E-state index in [1.165, 1.54) is 19.2 Å². The summed E-state index contributed by atoms with van der Waals surface area (Å²) in [4.78, 5) is 16.7. The van der Waals surface area contributed by atoms with E-state index in [-0.39, 0.29) is 5.56 Å². The van der Waals surface area contributed by atoms with Gasteiger partial charge in [-0.15, -0.1) is 0 Å². The lowest BCUT2D eigenvalue weighted by molar-refractivity contribution is -0.137. The van der Waals surface area contributed by atoms with E-state index in [9.17, 15) is 18.0 Å². The Morgan fingerprint density at radius 2 is 1.82 bits per heavy atom. The van der Waals surface area contributed by atoms with Crippen LogP contribution in [0.15, 0.2) is 30.3 Å². The highest BCUT2D eigenvalue weighted by Crippen LogP contribution is 2.33. The maximum absolute atomic E-state index is 12.8. The Hall–Kier alpha value is -2.57. The average Bonchev–Trinajstić information content (AvgIpc) is 2.65. The van der Waals surface area contributed by atoms with Gasteiger partial charge in [0.25, 0.3) is 0 Å². The summed E-state index contributed by atoms with van der Waals surface area (Å²) in [5.41, 5.74) is 0.949. The van der Waals surface area contributed by atoms with Gasteiger partial charge in [-0.3, -0.25) is 4.98 Å². The van der Waals surface area contributed by atoms with Gasteiger partial charge in [-0.25, -0.2) is 4.79 Å². The van der Waals surface area contributed by atoms with Crippen molar-refractivity contribution in [3.8, 4) is 17.0 Å². The molecule has 0 unspecified atom stereocenters. The molecule has 0 aliphatic heterocycles. The number of methoxy groups -OCH3 is 1. The summed E-state index contributed by atoms with van der Waals surface area (Å²) >= 11 is 0. The van der Waals surface area contributed by atoms with Gasteiger partial charge in [0.15, 0.2) is 0 Å². The van der Waals surface area contributed by atoms with Crippen LogP contribution < -0.4 is 4.74 Å². The van der Waals surface area contributed by atoms with Gasteiger partial charge in [0.05, 0.1) is 30.7 Å². The fourth-order valence-electron chi connectivity index (χ4n) is 2.64. The summed E-state index contributed by atoms with van der Waals surface area (Å²) in [5, 5.41) is 0. The second-order valence-corrected chi connectivity index (χ2v) is 6.78. The fourth-order valence-corrected chi connectivity index (χ4v) is 2.64. The molecule has 7 heteroatoms. The maximum Gasteiger partial charge on any atom is 0.416 e. The minimum atomic E-state index is -4.40. The van der Waals surface area contributed by atoms with Crippen molar-refractivity contribution in [2.45, 2.75) is 39.8 Å². The number of benzene rings is 1. The molecule has 0 saturated carbocycles. The van der Waals surface area contributed by atoms with Crippen LogP contribution in [0.3, 0.4) is 0 Å². The number of esters is 1. The molecule has 2 rings (SSSR count). The summed E-state index contributed by atoms with van der Waals surface area (Å²) in [7, 11) is 1.28. The topological polar surface area (TPSA) is 48.4 Å². The van der Waals surface area contributed by atoms with Gasteiger partial charge >= 0.3 is 12.1 Å². The van der Waals surface area contributed by atoms with E-state index in [0.29, 0.717) is 41.6 Å². The van der Waals surface area contributed by atoms with Crippen LogP contribution in [0.4, 0.5) is 13.2 Å². The normalized spacial score (nSPS) is 11.6. The zero-order valence-electron chi connectivity index (χ0n) is 16.4. The van der Waals surface area contributed by atoms with Gasteiger partial charge in [0.2, 0.25) is 0 Å². The van der Waals surface area contributed by atoms with Gasteiger partial charge < -0.3 is 9.47 Å². The Morgan fingerprint density at radius 1 is 1.18 bits per heavy atom. The minimum absolute atomic E-state index is 0.254. The Bertz CT molecular complexity index is 815. The molecule has 28 heavy (non-hydrogen) atoms. The second kappa shape index (κ2) is 9.08. The van der Waals surface area contributed by atoms with Gasteiger partial charge in [-0.05, 0) is 30.9 Å². The third kappa shape index (κ3) is 5.24. The molecule has 0 amide bonds. The van der Waals surface area contributed by atoms with Gasteiger partial charge in [-0.1, -0.05) is 32.9 Å². The molecule has 2 aromatic rings. The highest BCUT2D eigenvalue weighted by Gasteiger charge is 2.30. The molecule has 0 radical (unpaired) electrons. The molecular formula is C21H24F3NO3. The average molecular weight is 395 g/mol. The van der Waals surface area contributed by atoms with Crippen LogP contribution in [0.2, 0.25) is 0 Å². The van der Waals surface area contributed by atoms with Crippen molar-refractivity contribution >= 4 is 5.97 Å². The highest BCUT2D eigenvalue weighted by molar-refractivity contribution is 5.94. The van der Waals surface area contributed by atoms with E-state index >= 15 is 0 Å². The summed E-state index contributed by atoms with van der Waals surface area (Å²) in [6.45, 7) is 6.36. The first-order valence-electron chi connectivity index (χ1n) is 9.10. The first-order chi connectivity index (χ1) is 13.2. The highest BCUT2D eigenvalue weighted by atomic mass is 19.4. The molecule has 152 valence electrons. The van der Waals surface area contributed by atoms with Gasteiger partial charge in [-0.2, -0.15) is 13.2 Å². The minimum Gasteiger partial charge on any atom is -0.493 e. The van der Waals surface area contributed by atoms with E-state index in [1.807, 2.05) is 6.92 Å². The molecule has 0 saturated heterocycles. The van der Waals surface area contributed by atoms with Crippen molar-refractivity contribution in [3.63, 3.8) is 0 Å². The van der Waals surface area contributed by atoms with Crippen LogP contribution in [0.25, 0.3) is 11.3 Å². The number of aryl methyl sites for hydroxylation is 1. The predicted octanol–water partition coefficient (Wildman–Crippen LogP) is 5.54. The third-order valence-corrected chi connectivity index (χ3v) is 4.24. The molecule has 0 N–H and O–H groups in total. The Kier molecular flexibility index (Phi) is 7.05. The van der Waals surface area contributed by atoms with Crippen LogP contribution in [0.5, 0.6) is 5.75 Å². The van der Waals surface area contributed by atoms with E-state index in [4.69, 9.17) is 9.47 Å². The molecule has 1 aromatic carbocycles. The standard InChI is InChI=1S/C21H24F3NO3/c1-5-16-19(20(26)27-4)18(28-11-10-13(2)3)12-17(25-16)14-6-8-15(9-7-14)21(22,23)24/h6-9,12-13H,5,10-11H2,1-4H3. The number of carbonyl (C=O) groups is 1.